The first-order chi connectivity index (χ1) is 8.82. The Morgan fingerprint density at radius 3 is 2.42 bits per heavy atom. The number of nitrogens with one attached hydrogen (secondary N) is 1. The van der Waals surface area contributed by atoms with Gasteiger partial charge in [-0.1, -0.05) is 39.3 Å². The average Bonchev–Trinajstić information content (AvgIpc) is 2.67. The highest BCUT2D eigenvalue weighted by Crippen LogP contribution is 2.36. The molecule has 1 atom stereocenters. The zero-order chi connectivity index (χ0) is 14.2. The van der Waals surface area contributed by atoms with E-state index in [2.05, 4.69) is 65.1 Å². The van der Waals surface area contributed by atoms with Crippen molar-refractivity contribution in [3.8, 4) is 0 Å². The number of hydrogen-bond donors (Lipinski definition) is 1. The Bertz CT molecular complexity index is 575. The van der Waals surface area contributed by atoms with Crippen molar-refractivity contribution in [1.82, 2.24) is 5.32 Å². The molecule has 2 heteroatoms. The van der Waals surface area contributed by atoms with Crippen LogP contribution in [0, 0.1) is 19.3 Å². The Labute approximate surface area is 116 Å². The molecule has 1 unspecified atom stereocenters. The third-order valence-electron chi connectivity index (χ3n) is 3.52. The molecule has 0 fully saturated rings. The van der Waals surface area contributed by atoms with Crippen molar-refractivity contribution in [3.05, 3.63) is 35.1 Å². The van der Waals surface area contributed by atoms with Crippen LogP contribution in [0.5, 0.6) is 0 Å². The van der Waals surface area contributed by atoms with Crippen LogP contribution in [0.15, 0.2) is 22.6 Å². The predicted molar refractivity (Wildman–Crippen MR) is 81.6 cm³/mol. The topological polar surface area (TPSA) is 25.2 Å². The second-order valence-corrected chi connectivity index (χ2v) is 6.51. The van der Waals surface area contributed by atoms with Crippen LogP contribution in [-0.4, -0.2) is 6.54 Å². The number of fused-ring (bicyclic) bond motifs is 1. The fourth-order valence-corrected chi connectivity index (χ4v) is 2.71. The van der Waals surface area contributed by atoms with Gasteiger partial charge in [-0.25, -0.2) is 0 Å². The monoisotopic (exact) mass is 259 g/mol. The van der Waals surface area contributed by atoms with Gasteiger partial charge >= 0.3 is 0 Å². The van der Waals surface area contributed by atoms with E-state index in [0.29, 0.717) is 0 Å². The highest BCUT2D eigenvalue weighted by atomic mass is 16.3. The Morgan fingerprint density at radius 2 is 1.84 bits per heavy atom. The molecule has 104 valence electrons. The van der Waals surface area contributed by atoms with Crippen molar-refractivity contribution in [2.24, 2.45) is 5.41 Å². The van der Waals surface area contributed by atoms with Gasteiger partial charge in [0.2, 0.25) is 0 Å². The molecule has 2 rings (SSSR count). The van der Waals surface area contributed by atoms with Gasteiger partial charge in [0.15, 0.2) is 0 Å². The summed E-state index contributed by atoms with van der Waals surface area (Å²) in [5, 5.41) is 4.75. The first-order valence-corrected chi connectivity index (χ1v) is 7.07. The largest absolute Gasteiger partial charge is 0.459 e. The maximum atomic E-state index is 6.13. The fraction of sp³-hybridized carbons (Fsp3) is 0.529. The van der Waals surface area contributed by atoms with E-state index in [4.69, 9.17) is 4.42 Å². The summed E-state index contributed by atoms with van der Waals surface area (Å²) in [5.41, 5.74) is 3.65. The lowest BCUT2D eigenvalue weighted by molar-refractivity contribution is 0.244. The lowest BCUT2D eigenvalue weighted by Crippen LogP contribution is -2.31. The second kappa shape index (κ2) is 5.01. The molecule has 1 N–H and O–H groups in total. The molecule has 0 bridgehead atoms. The SMILES string of the molecule is CCNC(c1cc2cc(C)cc(C)c2o1)C(C)(C)C. The first-order valence-electron chi connectivity index (χ1n) is 7.07. The summed E-state index contributed by atoms with van der Waals surface area (Å²) >= 11 is 0. The zero-order valence-electron chi connectivity index (χ0n) is 12.9. The van der Waals surface area contributed by atoms with E-state index in [1.165, 1.54) is 16.5 Å². The molecule has 0 amide bonds. The number of furan rings is 1. The van der Waals surface area contributed by atoms with Crippen LogP contribution in [0.25, 0.3) is 11.0 Å². The van der Waals surface area contributed by atoms with Crippen molar-refractivity contribution in [3.63, 3.8) is 0 Å². The Kier molecular flexibility index (Phi) is 3.73. The molecule has 0 spiro atoms. The maximum Gasteiger partial charge on any atom is 0.137 e. The van der Waals surface area contributed by atoms with Gasteiger partial charge in [-0.2, -0.15) is 0 Å². The zero-order valence-corrected chi connectivity index (χ0v) is 12.9. The summed E-state index contributed by atoms with van der Waals surface area (Å²) in [7, 11) is 0. The van der Waals surface area contributed by atoms with Gasteiger partial charge in [-0.3, -0.25) is 0 Å². The standard InChI is InChI=1S/C17H25NO/c1-7-18-16(17(4,5)6)14-10-13-9-11(2)8-12(3)15(13)19-14/h8-10,16,18H,7H2,1-6H3. The molecule has 0 aliphatic rings. The molecule has 0 radical (unpaired) electrons. The fourth-order valence-electron chi connectivity index (χ4n) is 2.71. The number of hydrogen-bond acceptors (Lipinski definition) is 2. The van der Waals surface area contributed by atoms with Gasteiger partial charge in [-0.05, 0) is 43.5 Å². The first kappa shape index (κ1) is 14.1. The van der Waals surface area contributed by atoms with Crippen LogP contribution in [0.4, 0.5) is 0 Å². The summed E-state index contributed by atoms with van der Waals surface area (Å²) in [6, 6.07) is 6.80. The average molecular weight is 259 g/mol. The van der Waals surface area contributed by atoms with Crippen molar-refractivity contribution in [2.45, 2.75) is 47.6 Å². The van der Waals surface area contributed by atoms with Crippen molar-refractivity contribution >= 4 is 11.0 Å². The van der Waals surface area contributed by atoms with E-state index in [0.717, 1.165) is 17.9 Å². The van der Waals surface area contributed by atoms with Gasteiger partial charge < -0.3 is 9.73 Å². The Balaban J connectivity index is 2.52. The van der Waals surface area contributed by atoms with Crippen molar-refractivity contribution < 1.29 is 4.42 Å². The number of benzene rings is 1. The summed E-state index contributed by atoms with van der Waals surface area (Å²) < 4.78 is 6.13. The smallest absolute Gasteiger partial charge is 0.137 e. The molecule has 0 saturated carbocycles. The molecular formula is C17H25NO. The normalized spacial score (nSPS) is 14.0. The van der Waals surface area contributed by atoms with E-state index < -0.39 is 0 Å². The van der Waals surface area contributed by atoms with Crippen molar-refractivity contribution in [2.75, 3.05) is 6.54 Å². The van der Waals surface area contributed by atoms with E-state index in [9.17, 15) is 0 Å². The molecule has 19 heavy (non-hydrogen) atoms. The third kappa shape index (κ3) is 2.84. The Hall–Kier alpha value is -1.28. The van der Waals surface area contributed by atoms with E-state index >= 15 is 0 Å². The minimum absolute atomic E-state index is 0.132. The Morgan fingerprint density at radius 1 is 1.16 bits per heavy atom. The molecule has 1 aromatic carbocycles. The minimum atomic E-state index is 0.132. The molecule has 0 aliphatic carbocycles. The molecule has 2 nitrogen and oxygen atoms in total. The molecular weight excluding hydrogens is 234 g/mol. The van der Waals surface area contributed by atoms with Gasteiger partial charge in [0.25, 0.3) is 0 Å². The van der Waals surface area contributed by atoms with Gasteiger partial charge in [0.1, 0.15) is 11.3 Å². The lowest BCUT2D eigenvalue weighted by atomic mass is 9.85. The lowest BCUT2D eigenvalue weighted by Gasteiger charge is -2.29. The second-order valence-electron chi connectivity index (χ2n) is 6.51. The highest BCUT2D eigenvalue weighted by Gasteiger charge is 2.28. The molecule has 0 aliphatic heterocycles. The summed E-state index contributed by atoms with van der Waals surface area (Å²) in [4.78, 5) is 0. The predicted octanol–water partition coefficient (Wildman–Crippen LogP) is 4.75. The van der Waals surface area contributed by atoms with E-state index in [1.54, 1.807) is 0 Å². The quantitative estimate of drug-likeness (QED) is 0.860. The van der Waals surface area contributed by atoms with Crippen molar-refractivity contribution in [1.29, 1.82) is 0 Å². The van der Waals surface area contributed by atoms with Crippen LogP contribution >= 0.6 is 0 Å². The maximum absolute atomic E-state index is 6.13. The van der Waals surface area contributed by atoms with E-state index in [-0.39, 0.29) is 11.5 Å². The van der Waals surface area contributed by atoms with Crippen LogP contribution in [-0.2, 0) is 0 Å². The number of aryl methyl sites for hydroxylation is 2. The number of rotatable bonds is 3. The van der Waals surface area contributed by atoms with E-state index in [1.807, 2.05) is 0 Å². The van der Waals surface area contributed by atoms with Gasteiger partial charge in [0.05, 0.1) is 6.04 Å². The third-order valence-corrected chi connectivity index (χ3v) is 3.52. The van der Waals surface area contributed by atoms with Gasteiger partial charge in [-0.15, -0.1) is 0 Å². The molecule has 1 heterocycles. The van der Waals surface area contributed by atoms with Crippen LogP contribution in [0.2, 0.25) is 0 Å². The van der Waals surface area contributed by atoms with Crippen LogP contribution in [0.1, 0.15) is 50.6 Å². The molecule has 1 aromatic heterocycles. The van der Waals surface area contributed by atoms with Crippen LogP contribution < -0.4 is 5.32 Å². The summed E-state index contributed by atoms with van der Waals surface area (Å²) in [5.74, 6) is 1.04. The van der Waals surface area contributed by atoms with Crippen LogP contribution in [0.3, 0.4) is 0 Å². The molecule has 0 saturated heterocycles. The molecule has 2 aromatic rings. The highest BCUT2D eigenvalue weighted by molar-refractivity contribution is 5.82. The summed E-state index contributed by atoms with van der Waals surface area (Å²) in [6.07, 6.45) is 0. The van der Waals surface area contributed by atoms with Gasteiger partial charge in [0, 0.05) is 5.39 Å². The summed E-state index contributed by atoms with van der Waals surface area (Å²) in [6.45, 7) is 14.0. The minimum Gasteiger partial charge on any atom is -0.459 e.